The highest BCUT2D eigenvalue weighted by Gasteiger charge is 2.38. The molecule has 1 aliphatic rings. The van der Waals surface area contributed by atoms with Crippen molar-refractivity contribution in [2.45, 2.75) is 131 Å². The van der Waals surface area contributed by atoms with E-state index in [2.05, 4.69) is 104 Å². The van der Waals surface area contributed by atoms with Gasteiger partial charge in [-0.25, -0.2) is 9.98 Å². The fourth-order valence-electron chi connectivity index (χ4n) is 7.95. The van der Waals surface area contributed by atoms with Crippen molar-refractivity contribution in [3.8, 4) is 0 Å². The Balaban J connectivity index is 1.86. The van der Waals surface area contributed by atoms with Gasteiger partial charge in [-0.15, -0.1) is 0 Å². The Morgan fingerprint density at radius 3 is 1.48 bits per heavy atom. The average Bonchev–Trinajstić information content (AvgIpc) is 3.15. The highest BCUT2D eigenvalue weighted by atomic mass is 35.5. The van der Waals surface area contributed by atoms with Crippen molar-refractivity contribution in [1.29, 1.82) is 0 Å². The zero-order chi connectivity index (χ0) is 44.6. The van der Waals surface area contributed by atoms with E-state index in [4.69, 9.17) is 21.6 Å². The molecule has 1 saturated heterocycles. The van der Waals surface area contributed by atoms with Crippen LogP contribution in [0.25, 0.3) is 0 Å². The van der Waals surface area contributed by atoms with Gasteiger partial charge in [0.1, 0.15) is 11.7 Å². The Morgan fingerprint density at radius 2 is 1.05 bits per heavy atom. The first kappa shape index (κ1) is 46.8. The largest absolute Gasteiger partial charge is 0.416 e. The van der Waals surface area contributed by atoms with Crippen molar-refractivity contribution < 1.29 is 26.3 Å². The van der Waals surface area contributed by atoms with Crippen LogP contribution in [0.15, 0.2) is 70.6 Å². The molecule has 0 amide bonds. The number of hydrogen-bond acceptors (Lipinski definition) is 2. The van der Waals surface area contributed by atoms with Gasteiger partial charge in [-0.3, -0.25) is 0 Å². The van der Waals surface area contributed by atoms with Gasteiger partial charge in [0, 0.05) is 24.2 Å². The number of alkyl halides is 6. The Bertz CT molecular complexity index is 2140. The van der Waals surface area contributed by atoms with Crippen LogP contribution in [0.3, 0.4) is 0 Å². The molecule has 4 aromatic carbocycles. The third-order valence-electron chi connectivity index (χ3n) is 11.2. The van der Waals surface area contributed by atoms with Gasteiger partial charge in [-0.1, -0.05) is 117 Å². The zero-order valence-corrected chi connectivity index (χ0v) is 37.7. The molecule has 11 heteroatoms. The molecule has 1 fully saturated rings. The molecule has 0 atom stereocenters. The van der Waals surface area contributed by atoms with Crippen LogP contribution in [-0.4, -0.2) is 41.2 Å². The fourth-order valence-corrected chi connectivity index (χ4v) is 8.31. The predicted octanol–water partition coefficient (Wildman–Crippen LogP) is 15.4. The lowest BCUT2D eigenvalue weighted by atomic mass is 9.83. The molecular formula is C49H59ClF6N4. The number of para-hydroxylation sites is 1. The topological polar surface area (TPSA) is 31.2 Å². The number of rotatable bonds is 9. The number of amidine groups is 2. The molecule has 0 aromatic heterocycles. The molecule has 0 aliphatic carbocycles. The maximum Gasteiger partial charge on any atom is 0.416 e. The molecule has 0 unspecified atom stereocenters. The molecule has 60 heavy (non-hydrogen) atoms. The zero-order valence-electron chi connectivity index (χ0n) is 36.9. The van der Waals surface area contributed by atoms with Crippen molar-refractivity contribution >= 4 is 34.6 Å². The third kappa shape index (κ3) is 10.4. The number of benzene rings is 4. The lowest BCUT2D eigenvalue weighted by Gasteiger charge is -2.40. The lowest BCUT2D eigenvalue weighted by Crippen LogP contribution is -2.50. The molecule has 4 nitrogen and oxygen atoms in total. The molecule has 0 bridgehead atoms. The summed E-state index contributed by atoms with van der Waals surface area (Å²) in [4.78, 5) is 14.5. The van der Waals surface area contributed by atoms with Crippen LogP contribution >= 0.6 is 11.6 Å². The van der Waals surface area contributed by atoms with E-state index in [0.717, 1.165) is 51.2 Å². The van der Waals surface area contributed by atoms with E-state index in [1.54, 1.807) is 17.9 Å². The minimum absolute atomic E-state index is 0.0433. The number of hydrogen-bond donors (Lipinski definition) is 0. The van der Waals surface area contributed by atoms with Crippen LogP contribution in [0.5, 0.6) is 0 Å². The summed E-state index contributed by atoms with van der Waals surface area (Å²) in [6, 6.07) is 16.0. The van der Waals surface area contributed by atoms with Gasteiger partial charge in [-0.05, 0) is 113 Å². The summed E-state index contributed by atoms with van der Waals surface area (Å²) in [5.74, 6) is 1.41. The van der Waals surface area contributed by atoms with Gasteiger partial charge in [0.05, 0.1) is 34.2 Å². The Labute approximate surface area is 357 Å². The van der Waals surface area contributed by atoms with E-state index < -0.39 is 23.5 Å². The summed E-state index contributed by atoms with van der Waals surface area (Å²) < 4.78 is 86.4. The van der Waals surface area contributed by atoms with E-state index in [9.17, 15) is 26.3 Å². The second kappa shape index (κ2) is 18.3. The van der Waals surface area contributed by atoms with E-state index in [0.29, 0.717) is 30.9 Å². The maximum atomic E-state index is 14.4. The summed E-state index contributed by atoms with van der Waals surface area (Å²) in [5.41, 5.74) is 6.10. The van der Waals surface area contributed by atoms with E-state index in [1.165, 1.54) is 5.56 Å². The summed E-state index contributed by atoms with van der Waals surface area (Å²) in [7, 11) is 0. The minimum Gasteiger partial charge on any atom is -0.338 e. The lowest BCUT2D eigenvalue weighted by molar-refractivity contribution is -0.143. The fraction of sp³-hybridized carbons (Fsp3) is 0.469. The van der Waals surface area contributed by atoms with Crippen LogP contribution in [-0.2, 0) is 12.4 Å². The van der Waals surface area contributed by atoms with Gasteiger partial charge < -0.3 is 9.80 Å². The van der Waals surface area contributed by atoms with Crippen molar-refractivity contribution in [2.75, 3.05) is 19.8 Å². The first-order chi connectivity index (χ1) is 27.9. The molecule has 0 saturated carbocycles. The molecule has 0 N–H and O–H groups in total. The second-order valence-corrected chi connectivity index (χ2v) is 18.1. The normalized spacial score (nSPS) is 14.9. The van der Waals surface area contributed by atoms with Gasteiger partial charge in [0.15, 0.2) is 0 Å². The van der Waals surface area contributed by atoms with Gasteiger partial charge in [0.25, 0.3) is 0 Å². The minimum atomic E-state index is -5.05. The molecule has 5 rings (SSSR count). The first-order valence-electron chi connectivity index (χ1n) is 20.9. The van der Waals surface area contributed by atoms with E-state index >= 15 is 0 Å². The number of aliphatic imine (C=N–C) groups is 2. The van der Waals surface area contributed by atoms with E-state index in [1.807, 2.05) is 13.0 Å². The van der Waals surface area contributed by atoms with Crippen LogP contribution in [0.4, 0.5) is 37.7 Å². The molecule has 4 aromatic rings. The third-order valence-corrected chi connectivity index (χ3v) is 11.5. The molecular weight excluding hydrogens is 794 g/mol. The maximum absolute atomic E-state index is 14.4. The highest BCUT2D eigenvalue weighted by molar-refractivity contribution is 6.33. The number of halogens is 7. The summed E-state index contributed by atoms with van der Waals surface area (Å²) >= 11 is 6.76. The van der Waals surface area contributed by atoms with Crippen LogP contribution in [0.2, 0.25) is 5.02 Å². The monoisotopic (exact) mass is 852 g/mol. The van der Waals surface area contributed by atoms with Crippen LogP contribution in [0.1, 0.15) is 166 Å². The van der Waals surface area contributed by atoms with Gasteiger partial charge in [0.2, 0.25) is 0 Å². The standard InChI is InChI=1S/C49H59ClF6N4/c1-27(2)34-23-40(30(7)8)43(41(24-34)31(9)10)47(58-45-38(28(3)4)15-13-16-39(45)29(5)6)60-18-14-17-59(26-60)46(57-44-33(12)19-32(11)20-42(44)50)35-21-36(48(51,52)53)25-37(22-35)49(54,55)56/h13,15-16,19-25,27-31H,14,17-18,26H2,1-12H3. The molecule has 324 valence electrons. The Kier molecular flexibility index (Phi) is 14.3. The molecule has 0 radical (unpaired) electrons. The smallest absolute Gasteiger partial charge is 0.338 e. The second-order valence-electron chi connectivity index (χ2n) is 17.7. The summed E-state index contributed by atoms with van der Waals surface area (Å²) in [5, 5.41) is 0.240. The molecule has 1 heterocycles. The Hall–Kier alpha value is -4.31. The van der Waals surface area contributed by atoms with Crippen LogP contribution in [0, 0.1) is 13.8 Å². The molecule has 0 spiro atoms. The Morgan fingerprint density at radius 1 is 0.583 bits per heavy atom. The summed E-state index contributed by atoms with van der Waals surface area (Å²) in [6.07, 6.45) is -9.58. The summed E-state index contributed by atoms with van der Waals surface area (Å²) in [6.45, 7) is 26.1. The van der Waals surface area contributed by atoms with Crippen LogP contribution < -0.4 is 0 Å². The van der Waals surface area contributed by atoms with Gasteiger partial charge >= 0.3 is 12.4 Å². The van der Waals surface area contributed by atoms with Gasteiger partial charge in [-0.2, -0.15) is 26.3 Å². The van der Waals surface area contributed by atoms with Crippen molar-refractivity contribution in [3.63, 3.8) is 0 Å². The first-order valence-corrected chi connectivity index (χ1v) is 21.3. The van der Waals surface area contributed by atoms with E-state index in [-0.39, 0.29) is 64.4 Å². The van der Waals surface area contributed by atoms with Crippen molar-refractivity contribution in [3.05, 3.63) is 127 Å². The van der Waals surface area contributed by atoms with Crippen molar-refractivity contribution in [2.24, 2.45) is 9.98 Å². The average molecular weight is 853 g/mol. The predicted molar refractivity (Wildman–Crippen MR) is 236 cm³/mol. The number of aryl methyl sites for hydroxylation is 2. The SMILES string of the molecule is Cc1cc(C)c(N=C(c2cc(C(F)(F)F)cc(C(F)(F)F)c2)N2CCCN(C(=Nc3c(C(C)C)cccc3C(C)C)c3c(C(C)C)cc(C(C)C)cc3C(C)C)C2)c(Cl)c1. The quantitative estimate of drug-likeness (QED) is 0.0954. The highest BCUT2D eigenvalue weighted by Crippen LogP contribution is 2.41. The van der Waals surface area contributed by atoms with Crippen molar-refractivity contribution in [1.82, 2.24) is 9.80 Å². The molecule has 1 aliphatic heterocycles. The number of nitrogens with zero attached hydrogens (tertiary/aromatic N) is 4.